The molecular formula is C26H27N3O7S. The molecule has 0 aliphatic rings. The van der Waals surface area contributed by atoms with Gasteiger partial charge in [0.05, 0.1) is 30.8 Å². The fourth-order valence-electron chi connectivity index (χ4n) is 3.99. The van der Waals surface area contributed by atoms with Crippen LogP contribution in [0.2, 0.25) is 0 Å². The number of H-pyrrole nitrogens is 1. The second-order valence-corrected chi connectivity index (χ2v) is 10.3. The molecule has 2 aromatic carbocycles. The highest BCUT2D eigenvalue weighted by molar-refractivity contribution is 7.92. The predicted molar refractivity (Wildman–Crippen MR) is 138 cm³/mol. The summed E-state index contributed by atoms with van der Waals surface area (Å²) in [4.78, 5) is 32.5. The summed E-state index contributed by atoms with van der Waals surface area (Å²) >= 11 is 0. The molecule has 0 saturated carbocycles. The number of methoxy groups -OCH3 is 1. The molecule has 1 N–H and O–H groups in total. The van der Waals surface area contributed by atoms with Crippen molar-refractivity contribution >= 4 is 32.8 Å². The van der Waals surface area contributed by atoms with Crippen LogP contribution in [-0.2, 0) is 21.3 Å². The minimum atomic E-state index is -4.09. The largest absolute Gasteiger partial charge is 0.497 e. The predicted octanol–water partition coefficient (Wildman–Crippen LogP) is 4.02. The maximum atomic E-state index is 13.9. The van der Waals surface area contributed by atoms with Gasteiger partial charge in [-0.15, -0.1) is 0 Å². The lowest BCUT2D eigenvalue weighted by Gasteiger charge is -2.25. The summed E-state index contributed by atoms with van der Waals surface area (Å²) in [5.74, 6) is 0.0690. The van der Waals surface area contributed by atoms with Gasteiger partial charge in [0, 0.05) is 0 Å². The first-order chi connectivity index (χ1) is 17.6. The molecule has 0 amide bonds. The summed E-state index contributed by atoms with van der Waals surface area (Å²) in [6.45, 7) is 6.53. The first-order valence-electron chi connectivity index (χ1n) is 11.5. The van der Waals surface area contributed by atoms with Gasteiger partial charge in [0.15, 0.2) is 0 Å². The molecule has 0 radical (unpaired) electrons. The van der Waals surface area contributed by atoms with E-state index in [0.717, 1.165) is 9.87 Å². The number of sulfonamides is 1. The molecule has 0 spiro atoms. The third kappa shape index (κ3) is 4.94. The van der Waals surface area contributed by atoms with Crippen molar-refractivity contribution in [3.8, 4) is 5.75 Å². The molecule has 0 fully saturated rings. The van der Waals surface area contributed by atoms with E-state index in [9.17, 15) is 18.0 Å². The van der Waals surface area contributed by atoms with Crippen molar-refractivity contribution in [1.29, 1.82) is 0 Å². The first-order valence-corrected chi connectivity index (χ1v) is 12.9. The van der Waals surface area contributed by atoms with E-state index in [1.165, 1.54) is 14.0 Å². The van der Waals surface area contributed by atoms with E-state index in [1.54, 1.807) is 50.2 Å². The molecule has 194 valence electrons. The molecule has 4 rings (SSSR count). The monoisotopic (exact) mass is 525 g/mol. The Hall–Kier alpha value is -4.12. The van der Waals surface area contributed by atoms with Crippen LogP contribution in [0.15, 0.2) is 56.6 Å². The fourth-order valence-corrected chi connectivity index (χ4v) is 5.73. The van der Waals surface area contributed by atoms with E-state index in [2.05, 4.69) is 9.97 Å². The summed E-state index contributed by atoms with van der Waals surface area (Å²) in [5.41, 5.74) is 0.961. The Balaban J connectivity index is 1.85. The molecule has 0 atom stereocenters. The van der Waals surface area contributed by atoms with Crippen molar-refractivity contribution in [2.75, 3.05) is 18.0 Å². The smallest absolute Gasteiger partial charge is 0.342 e. The van der Waals surface area contributed by atoms with Gasteiger partial charge in [0.25, 0.3) is 15.6 Å². The number of esters is 1. The zero-order valence-electron chi connectivity index (χ0n) is 21.1. The van der Waals surface area contributed by atoms with Crippen molar-refractivity contribution in [3.05, 3.63) is 81.1 Å². The summed E-state index contributed by atoms with van der Waals surface area (Å²) in [6, 6.07) is 11.7. The fraction of sp³-hybridized carbons (Fsp3) is 0.269. The molecule has 2 heterocycles. The van der Waals surface area contributed by atoms with Crippen LogP contribution in [0.5, 0.6) is 5.75 Å². The number of hydrogen-bond acceptors (Lipinski definition) is 8. The van der Waals surface area contributed by atoms with Crippen LogP contribution in [0.3, 0.4) is 0 Å². The van der Waals surface area contributed by atoms with Gasteiger partial charge in [-0.05, 0) is 69.2 Å². The van der Waals surface area contributed by atoms with E-state index in [0.29, 0.717) is 17.0 Å². The second-order valence-electron chi connectivity index (χ2n) is 8.43. The summed E-state index contributed by atoms with van der Waals surface area (Å²) < 4.78 is 44.8. The number of nitrogens with one attached hydrogen (secondary N) is 1. The van der Waals surface area contributed by atoms with Crippen LogP contribution >= 0.6 is 0 Å². The number of anilines is 1. The molecule has 0 unspecified atom stereocenters. The number of aryl methyl sites for hydroxylation is 3. The van der Waals surface area contributed by atoms with Crippen LogP contribution in [-0.4, -0.2) is 38.1 Å². The Bertz CT molecular complexity index is 1640. The normalized spacial score (nSPS) is 11.5. The van der Waals surface area contributed by atoms with Crippen molar-refractivity contribution < 1.29 is 27.1 Å². The average molecular weight is 526 g/mol. The highest BCUT2D eigenvalue weighted by Crippen LogP contribution is 2.30. The van der Waals surface area contributed by atoms with Gasteiger partial charge in [-0.25, -0.2) is 13.2 Å². The van der Waals surface area contributed by atoms with Gasteiger partial charge < -0.3 is 18.9 Å². The molecule has 10 nitrogen and oxygen atoms in total. The minimum Gasteiger partial charge on any atom is -0.497 e. The molecule has 37 heavy (non-hydrogen) atoms. The van der Waals surface area contributed by atoms with Crippen LogP contribution in [0.25, 0.3) is 11.1 Å². The number of rotatable bonds is 8. The molecule has 4 aromatic rings. The SMILES string of the molecule is CCOC(=O)c1c(C)oc2nc(CN(c3ccc(OC)cc3)S(=O)(=O)c3cc(C)ccc3C)[nH]c(=O)c12. The Morgan fingerprint density at radius 3 is 2.46 bits per heavy atom. The van der Waals surface area contributed by atoms with E-state index in [1.807, 2.05) is 13.0 Å². The van der Waals surface area contributed by atoms with Gasteiger partial charge in [0.1, 0.15) is 28.3 Å². The topological polar surface area (TPSA) is 132 Å². The van der Waals surface area contributed by atoms with Crippen LogP contribution in [0.4, 0.5) is 5.69 Å². The summed E-state index contributed by atoms with van der Waals surface area (Å²) in [6.07, 6.45) is 0. The van der Waals surface area contributed by atoms with E-state index < -0.39 is 21.6 Å². The summed E-state index contributed by atoms with van der Waals surface area (Å²) in [7, 11) is -2.58. The quantitative estimate of drug-likeness (QED) is 0.341. The highest BCUT2D eigenvalue weighted by atomic mass is 32.2. The Labute approximate surface area is 213 Å². The van der Waals surface area contributed by atoms with Crippen molar-refractivity contribution in [2.24, 2.45) is 0 Å². The number of carbonyl (C=O) groups excluding carboxylic acids is 1. The maximum Gasteiger partial charge on any atom is 0.342 e. The number of benzene rings is 2. The molecule has 11 heteroatoms. The number of furan rings is 1. The molecule has 0 aliphatic heterocycles. The van der Waals surface area contributed by atoms with Gasteiger partial charge in [-0.3, -0.25) is 9.10 Å². The Kier molecular flexibility index (Phi) is 7.08. The number of carbonyl (C=O) groups is 1. The lowest BCUT2D eigenvalue weighted by molar-refractivity contribution is 0.0526. The molecular weight excluding hydrogens is 498 g/mol. The zero-order chi connectivity index (χ0) is 26.9. The summed E-state index contributed by atoms with van der Waals surface area (Å²) in [5, 5.41) is -0.0481. The third-order valence-electron chi connectivity index (χ3n) is 5.83. The standard InChI is InChI=1S/C26H27N3O7S/c1-6-35-26(31)22-17(4)36-25-23(22)24(30)27-21(28-25)14-29(18-9-11-19(34-5)12-10-18)37(32,33)20-13-15(2)7-8-16(20)3/h7-13H,6,14H2,1-5H3,(H,27,28,30). The van der Waals surface area contributed by atoms with E-state index >= 15 is 0 Å². The van der Waals surface area contributed by atoms with Gasteiger partial charge in [0.2, 0.25) is 5.71 Å². The van der Waals surface area contributed by atoms with Gasteiger partial charge in [-0.2, -0.15) is 4.98 Å². The number of nitrogens with zero attached hydrogens (tertiary/aromatic N) is 2. The Morgan fingerprint density at radius 2 is 1.81 bits per heavy atom. The van der Waals surface area contributed by atoms with Crippen LogP contribution < -0.4 is 14.6 Å². The number of aromatic nitrogens is 2. The van der Waals surface area contributed by atoms with Crippen molar-refractivity contribution in [3.63, 3.8) is 0 Å². The van der Waals surface area contributed by atoms with Gasteiger partial charge >= 0.3 is 5.97 Å². The number of aromatic amines is 1. The average Bonchev–Trinajstić information content (AvgIpc) is 3.20. The van der Waals surface area contributed by atoms with Crippen LogP contribution in [0.1, 0.15) is 40.0 Å². The molecule has 2 aromatic heterocycles. The second kappa shape index (κ2) is 10.1. The van der Waals surface area contributed by atoms with Gasteiger partial charge in [-0.1, -0.05) is 12.1 Å². The van der Waals surface area contributed by atoms with Crippen molar-refractivity contribution in [1.82, 2.24) is 9.97 Å². The lowest BCUT2D eigenvalue weighted by Crippen LogP contribution is -2.32. The molecule has 0 saturated heterocycles. The van der Waals surface area contributed by atoms with Crippen LogP contribution in [0, 0.1) is 20.8 Å². The minimum absolute atomic E-state index is 0.00725. The number of hydrogen-bond donors (Lipinski definition) is 1. The lowest BCUT2D eigenvalue weighted by atomic mass is 10.2. The molecule has 0 bridgehead atoms. The third-order valence-corrected chi connectivity index (χ3v) is 7.75. The van der Waals surface area contributed by atoms with E-state index in [-0.39, 0.29) is 46.3 Å². The number of fused-ring (bicyclic) bond motifs is 1. The maximum absolute atomic E-state index is 13.9. The van der Waals surface area contributed by atoms with E-state index in [4.69, 9.17) is 13.9 Å². The highest BCUT2D eigenvalue weighted by Gasteiger charge is 2.29. The Morgan fingerprint density at radius 1 is 1.11 bits per heavy atom. The number of ether oxygens (including phenoxy) is 2. The zero-order valence-corrected chi connectivity index (χ0v) is 21.9. The first kappa shape index (κ1) is 26.0. The van der Waals surface area contributed by atoms with Crippen molar-refractivity contribution in [2.45, 2.75) is 39.1 Å². The molecule has 0 aliphatic carbocycles.